The lowest BCUT2D eigenvalue weighted by Gasteiger charge is -2.08. The first-order valence-electron chi connectivity index (χ1n) is 8.12. The summed E-state index contributed by atoms with van der Waals surface area (Å²) in [6, 6.07) is 4.17. The van der Waals surface area contributed by atoms with E-state index in [1.165, 1.54) is 16.7 Å². The fourth-order valence-electron chi connectivity index (χ4n) is 3.43. The lowest BCUT2D eigenvalue weighted by molar-refractivity contribution is 0.629. The van der Waals surface area contributed by atoms with Crippen molar-refractivity contribution in [2.75, 3.05) is 0 Å². The van der Waals surface area contributed by atoms with Crippen molar-refractivity contribution in [1.82, 2.24) is 28.9 Å². The third-order valence-corrected chi connectivity index (χ3v) is 5.01. The maximum absolute atomic E-state index is 13.5. The number of aromatic nitrogens is 6. The van der Waals surface area contributed by atoms with Crippen molar-refractivity contribution in [2.24, 2.45) is 13.0 Å². The topological polar surface area (TPSA) is 70.0 Å². The summed E-state index contributed by atoms with van der Waals surface area (Å²) in [7, 11) is 1.65. The zero-order chi connectivity index (χ0) is 17.3. The molecule has 8 heteroatoms. The molecule has 0 spiro atoms. The standard InChI is InChI=1S/C17H15FN6O/c1-9-5-11(9)13-7-24(21-20-13)15-16-22(2)17(25)12-6-10(18)3-4-14(12)23(16)8-19-15/h3-4,6-9,11H,5H2,1-2H3. The number of hydrogen-bond acceptors (Lipinski definition) is 4. The molecule has 2 unspecified atom stereocenters. The predicted molar refractivity (Wildman–Crippen MR) is 89.3 cm³/mol. The Morgan fingerprint density at radius 3 is 2.88 bits per heavy atom. The minimum absolute atomic E-state index is 0.278. The lowest BCUT2D eigenvalue weighted by atomic mass is 10.2. The molecular weight excluding hydrogens is 323 g/mol. The molecule has 5 rings (SSSR count). The number of rotatable bonds is 2. The van der Waals surface area contributed by atoms with Crippen molar-refractivity contribution in [3.05, 3.63) is 52.6 Å². The maximum Gasteiger partial charge on any atom is 0.261 e. The number of benzene rings is 1. The van der Waals surface area contributed by atoms with Crippen LogP contribution in [0.1, 0.15) is 25.0 Å². The summed E-state index contributed by atoms with van der Waals surface area (Å²) in [4.78, 5) is 17.1. The summed E-state index contributed by atoms with van der Waals surface area (Å²) >= 11 is 0. The molecule has 0 bridgehead atoms. The molecule has 7 nitrogen and oxygen atoms in total. The summed E-state index contributed by atoms with van der Waals surface area (Å²) in [5.74, 6) is 1.17. The Balaban J connectivity index is 1.78. The van der Waals surface area contributed by atoms with E-state index in [1.54, 1.807) is 28.5 Å². The molecule has 3 aromatic heterocycles. The molecule has 2 atom stereocenters. The highest BCUT2D eigenvalue weighted by molar-refractivity contribution is 5.82. The fraction of sp³-hybridized carbons (Fsp3) is 0.294. The Hall–Kier alpha value is -3.03. The molecule has 126 valence electrons. The molecule has 1 saturated carbocycles. The van der Waals surface area contributed by atoms with E-state index < -0.39 is 5.82 Å². The van der Waals surface area contributed by atoms with E-state index in [2.05, 4.69) is 22.2 Å². The highest BCUT2D eigenvalue weighted by Crippen LogP contribution is 2.45. The van der Waals surface area contributed by atoms with E-state index in [1.807, 2.05) is 6.20 Å². The van der Waals surface area contributed by atoms with Gasteiger partial charge in [-0.15, -0.1) is 5.10 Å². The third-order valence-electron chi connectivity index (χ3n) is 5.01. The second-order valence-corrected chi connectivity index (χ2v) is 6.69. The molecule has 0 N–H and O–H groups in total. The summed E-state index contributed by atoms with van der Waals surface area (Å²) in [5.41, 5.74) is 1.86. The monoisotopic (exact) mass is 338 g/mol. The van der Waals surface area contributed by atoms with Crippen LogP contribution in [0.25, 0.3) is 22.4 Å². The van der Waals surface area contributed by atoms with Gasteiger partial charge in [-0.3, -0.25) is 13.8 Å². The van der Waals surface area contributed by atoms with Crippen LogP contribution in [-0.2, 0) is 7.05 Å². The molecule has 25 heavy (non-hydrogen) atoms. The number of halogens is 1. The van der Waals surface area contributed by atoms with Crippen LogP contribution < -0.4 is 5.56 Å². The quantitative estimate of drug-likeness (QED) is 0.561. The van der Waals surface area contributed by atoms with Crippen molar-refractivity contribution in [3.8, 4) is 5.82 Å². The summed E-state index contributed by atoms with van der Waals surface area (Å²) in [6.45, 7) is 2.19. The van der Waals surface area contributed by atoms with Crippen molar-refractivity contribution >= 4 is 16.6 Å². The van der Waals surface area contributed by atoms with Crippen LogP contribution in [0.2, 0.25) is 0 Å². The summed E-state index contributed by atoms with van der Waals surface area (Å²) in [5, 5.41) is 8.74. The largest absolute Gasteiger partial charge is 0.294 e. The second kappa shape index (κ2) is 4.75. The van der Waals surface area contributed by atoms with Crippen LogP contribution in [0, 0.1) is 11.7 Å². The molecule has 1 aliphatic carbocycles. The van der Waals surface area contributed by atoms with Gasteiger partial charge in [-0.05, 0) is 30.5 Å². The van der Waals surface area contributed by atoms with Gasteiger partial charge in [0.2, 0.25) is 0 Å². The molecule has 1 aliphatic rings. The smallest absolute Gasteiger partial charge is 0.261 e. The van der Waals surface area contributed by atoms with E-state index in [0.29, 0.717) is 34.2 Å². The van der Waals surface area contributed by atoms with Gasteiger partial charge in [0.15, 0.2) is 11.5 Å². The van der Waals surface area contributed by atoms with Crippen LogP contribution in [0.15, 0.2) is 35.5 Å². The number of aryl methyl sites for hydroxylation is 1. The Kier molecular flexibility index (Phi) is 2.72. The van der Waals surface area contributed by atoms with Crippen molar-refractivity contribution in [3.63, 3.8) is 0 Å². The SMILES string of the molecule is CC1CC1c1cn(-c2ncn3c4ccc(F)cc4c(=O)n(C)c23)nn1. The third kappa shape index (κ3) is 1.97. The highest BCUT2D eigenvalue weighted by Gasteiger charge is 2.36. The van der Waals surface area contributed by atoms with Crippen molar-refractivity contribution in [2.45, 2.75) is 19.3 Å². The zero-order valence-corrected chi connectivity index (χ0v) is 13.7. The fourth-order valence-corrected chi connectivity index (χ4v) is 3.43. The van der Waals surface area contributed by atoms with E-state index >= 15 is 0 Å². The van der Waals surface area contributed by atoms with Crippen LogP contribution >= 0.6 is 0 Å². The molecule has 0 radical (unpaired) electrons. The van der Waals surface area contributed by atoms with E-state index in [-0.39, 0.29) is 5.56 Å². The summed E-state index contributed by atoms with van der Waals surface area (Å²) < 4.78 is 18.4. The first kappa shape index (κ1) is 14.3. The van der Waals surface area contributed by atoms with Gasteiger partial charge in [0.25, 0.3) is 5.56 Å². The van der Waals surface area contributed by atoms with Gasteiger partial charge < -0.3 is 0 Å². The molecular formula is C17H15FN6O. The zero-order valence-electron chi connectivity index (χ0n) is 13.7. The van der Waals surface area contributed by atoms with Gasteiger partial charge in [-0.25, -0.2) is 9.37 Å². The lowest BCUT2D eigenvalue weighted by Crippen LogP contribution is -2.20. The first-order valence-corrected chi connectivity index (χ1v) is 8.12. The molecule has 1 aromatic carbocycles. The minimum Gasteiger partial charge on any atom is -0.294 e. The predicted octanol–water partition coefficient (Wildman–Crippen LogP) is 2.03. The molecule has 0 amide bonds. The molecule has 1 fully saturated rings. The Morgan fingerprint density at radius 1 is 1.32 bits per heavy atom. The second-order valence-electron chi connectivity index (χ2n) is 6.69. The number of imidazole rings is 1. The van der Waals surface area contributed by atoms with Gasteiger partial charge in [0.1, 0.15) is 12.1 Å². The van der Waals surface area contributed by atoms with Gasteiger partial charge in [-0.2, -0.15) is 4.68 Å². The molecule has 0 aliphatic heterocycles. The van der Waals surface area contributed by atoms with E-state index in [9.17, 15) is 9.18 Å². The molecule has 4 aromatic rings. The van der Waals surface area contributed by atoms with Gasteiger partial charge in [0.05, 0.1) is 22.8 Å². The number of nitrogens with zero attached hydrogens (tertiary/aromatic N) is 6. The average Bonchev–Trinajstić information content (AvgIpc) is 3.03. The van der Waals surface area contributed by atoms with Gasteiger partial charge >= 0.3 is 0 Å². The maximum atomic E-state index is 13.5. The number of hydrogen-bond donors (Lipinski definition) is 0. The first-order chi connectivity index (χ1) is 12.0. The minimum atomic E-state index is -0.441. The van der Waals surface area contributed by atoms with Crippen molar-refractivity contribution < 1.29 is 4.39 Å². The normalized spacial score (nSPS) is 19.8. The van der Waals surface area contributed by atoms with Crippen molar-refractivity contribution in [1.29, 1.82) is 0 Å². The van der Waals surface area contributed by atoms with Crippen LogP contribution in [-0.4, -0.2) is 28.9 Å². The Bertz CT molecular complexity index is 1200. The van der Waals surface area contributed by atoms with Crippen LogP contribution in [0.4, 0.5) is 4.39 Å². The Labute approximate surface area is 141 Å². The van der Waals surface area contributed by atoms with E-state index in [4.69, 9.17) is 0 Å². The Morgan fingerprint density at radius 2 is 2.12 bits per heavy atom. The van der Waals surface area contributed by atoms with Crippen LogP contribution in [0.5, 0.6) is 0 Å². The van der Waals surface area contributed by atoms with E-state index in [0.717, 1.165) is 12.1 Å². The van der Waals surface area contributed by atoms with Gasteiger partial charge in [0, 0.05) is 13.0 Å². The highest BCUT2D eigenvalue weighted by atomic mass is 19.1. The van der Waals surface area contributed by atoms with Crippen LogP contribution in [0.3, 0.4) is 0 Å². The summed E-state index contributed by atoms with van der Waals surface area (Å²) in [6.07, 6.45) is 4.61. The molecule has 3 heterocycles. The number of fused-ring (bicyclic) bond motifs is 3. The van der Waals surface area contributed by atoms with Gasteiger partial charge in [-0.1, -0.05) is 12.1 Å². The molecule has 0 saturated heterocycles. The average molecular weight is 338 g/mol.